The highest BCUT2D eigenvalue weighted by molar-refractivity contribution is 7.90. The van der Waals surface area contributed by atoms with Gasteiger partial charge in [0.15, 0.2) is 0 Å². The molecule has 0 fully saturated rings. The van der Waals surface area contributed by atoms with Crippen molar-refractivity contribution in [1.29, 1.82) is 0 Å². The molecule has 1 aromatic heterocycles. The fourth-order valence-electron chi connectivity index (χ4n) is 1.25. The van der Waals surface area contributed by atoms with Gasteiger partial charge in [-0.3, -0.25) is 4.79 Å². The molecule has 0 radical (unpaired) electrons. The second-order valence-corrected chi connectivity index (χ2v) is 7.30. The molecular formula is C9H15N3O5S2. The first kappa shape index (κ1) is 15.8. The highest BCUT2D eigenvalue weighted by atomic mass is 32.2. The summed E-state index contributed by atoms with van der Waals surface area (Å²) in [6, 6.07) is 2.21. The van der Waals surface area contributed by atoms with Gasteiger partial charge in [0.2, 0.25) is 25.6 Å². The number of nitrogens with one attached hydrogen (secondary N) is 3. The van der Waals surface area contributed by atoms with Gasteiger partial charge in [0.05, 0.1) is 10.6 Å². The van der Waals surface area contributed by atoms with Gasteiger partial charge in [-0.25, -0.2) is 26.3 Å². The number of pyridine rings is 1. The fraction of sp³-hybridized carbons (Fsp3) is 0.444. The van der Waals surface area contributed by atoms with E-state index in [9.17, 15) is 21.6 Å². The normalized spacial score (nSPS) is 12.5. The van der Waals surface area contributed by atoms with E-state index in [0.717, 1.165) is 18.3 Å². The van der Waals surface area contributed by atoms with Crippen molar-refractivity contribution in [3.8, 4) is 0 Å². The van der Waals surface area contributed by atoms with Crippen molar-refractivity contribution in [3.05, 3.63) is 28.7 Å². The monoisotopic (exact) mass is 309 g/mol. The number of hydrogen-bond acceptors (Lipinski definition) is 5. The van der Waals surface area contributed by atoms with Gasteiger partial charge >= 0.3 is 0 Å². The quantitative estimate of drug-likeness (QED) is 0.571. The summed E-state index contributed by atoms with van der Waals surface area (Å²) >= 11 is 0. The van der Waals surface area contributed by atoms with Crippen molar-refractivity contribution in [2.45, 2.75) is 11.8 Å². The summed E-state index contributed by atoms with van der Waals surface area (Å²) in [5.41, 5.74) is -0.423. The third kappa shape index (κ3) is 5.11. The lowest BCUT2D eigenvalue weighted by molar-refractivity contribution is 0.576. The SMILES string of the molecule is CCNS(=O)(=O)CCNS(=O)(=O)c1ccc(=O)[nH]c1. The average Bonchev–Trinajstić information content (AvgIpc) is 2.28. The zero-order valence-corrected chi connectivity index (χ0v) is 11.8. The molecule has 1 heterocycles. The molecule has 8 nitrogen and oxygen atoms in total. The minimum absolute atomic E-state index is 0.132. The van der Waals surface area contributed by atoms with E-state index in [4.69, 9.17) is 0 Å². The number of hydrogen-bond donors (Lipinski definition) is 3. The van der Waals surface area contributed by atoms with Crippen LogP contribution in [0.25, 0.3) is 0 Å². The van der Waals surface area contributed by atoms with Crippen molar-refractivity contribution >= 4 is 20.0 Å². The summed E-state index contributed by atoms with van der Waals surface area (Å²) < 4.78 is 50.5. The Balaban J connectivity index is 2.67. The number of aromatic nitrogens is 1. The van der Waals surface area contributed by atoms with E-state index in [0.29, 0.717) is 0 Å². The third-order valence-corrected chi connectivity index (χ3v) is 5.02. The third-order valence-electron chi connectivity index (χ3n) is 2.09. The van der Waals surface area contributed by atoms with Crippen LogP contribution in [-0.4, -0.2) is 40.7 Å². The number of sulfonamides is 2. The first-order chi connectivity index (χ1) is 8.77. The summed E-state index contributed by atoms with van der Waals surface area (Å²) in [5.74, 6) is -0.358. The Morgan fingerprint density at radius 3 is 2.37 bits per heavy atom. The lowest BCUT2D eigenvalue weighted by atomic mass is 10.5. The van der Waals surface area contributed by atoms with E-state index in [2.05, 4.69) is 14.4 Å². The second-order valence-electron chi connectivity index (χ2n) is 3.60. The fourth-order valence-corrected chi connectivity index (χ4v) is 3.33. The number of aromatic amines is 1. The van der Waals surface area contributed by atoms with Crippen LogP contribution in [0.1, 0.15) is 6.92 Å². The van der Waals surface area contributed by atoms with Crippen LogP contribution >= 0.6 is 0 Å². The van der Waals surface area contributed by atoms with Crippen molar-refractivity contribution in [1.82, 2.24) is 14.4 Å². The molecule has 19 heavy (non-hydrogen) atoms. The van der Waals surface area contributed by atoms with Crippen LogP contribution < -0.4 is 15.0 Å². The summed E-state index contributed by atoms with van der Waals surface area (Å²) in [7, 11) is -7.30. The maximum absolute atomic E-state index is 11.7. The molecule has 10 heteroatoms. The summed E-state index contributed by atoms with van der Waals surface area (Å²) in [6.07, 6.45) is 1.05. The molecule has 0 saturated heterocycles. The van der Waals surface area contributed by atoms with E-state index in [1.54, 1.807) is 6.92 Å². The summed E-state index contributed by atoms with van der Waals surface area (Å²) in [6.45, 7) is 1.62. The van der Waals surface area contributed by atoms with Gasteiger partial charge < -0.3 is 4.98 Å². The molecule has 0 saturated carbocycles. The van der Waals surface area contributed by atoms with Crippen LogP contribution in [-0.2, 0) is 20.0 Å². The molecule has 0 aromatic carbocycles. The predicted molar refractivity (Wildman–Crippen MR) is 69.7 cm³/mol. The minimum Gasteiger partial charge on any atom is -0.328 e. The van der Waals surface area contributed by atoms with Crippen LogP contribution in [0, 0.1) is 0 Å². The van der Waals surface area contributed by atoms with Crippen LogP contribution in [0.3, 0.4) is 0 Å². The van der Waals surface area contributed by atoms with Gasteiger partial charge in [0.25, 0.3) is 0 Å². The van der Waals surface area contributed by atoms with Gasteiger partial charge in [0, 0.05) is 25.4 Å². The molecule has 3 N–H and O–H groups in total. The number of H-pyrrole nitrogens is 1. The van der Waals surface area contributed by atoms with E-state index >= 15 is 0 Å². The van der Waals surface area contributed by atoms with Crippen molar-refractivity contribution in [2.75, 3.05) is 18.8 Å². The zero-order valence-electron chi connectivity index (χ0n) is 10.2. The van der Waals surface area contributed by atoms with Gasteiger partial charge in [-0.1, -0.05) is 6.92 Å². The average molecular weight is 309 g/mol. The molecule has 0 unspecified atom stereocenters. The predicted octanol–water partition coefficient (Wildman–Crippen LogP) is -1.41. The van der Waals surface area contributed by atoms with Crippen LogP contribution in [0.4, 0.5) is 0 Å². The Kier molecular flexibility index (Phi) is 5.23. The van der Waals surface area contributed by atoms with Crippen LogP contribution in [0.15, 0.2) is 28.0 Å². The topological polar surface area (TPSA) is 125 Å². The first-order valence-electron chi connectivity index (χ1n) is 5.42. The lowest BCUT2D eigenvalue weighted by Crippen LogP contribution is -2.34. The minimum atomic E-state index is -3.83. The molecule has 0 bridgehead atoms. The highest BCUT2D eigenvalue weighted by Gasteiger charge is 2.15. The van der Waals surface area contributed by atoms with Crippen molar-refractivity contribution in [2.24, 2.45) is 0 Å². The standard InChI is InChI=1S/C9H15N3O5S2/c1-2-11-18(14,15)6-5-12-19(16,17)8-3-4-9(13)10-7-8/h3-4,7,11-12H,2,5-6H2,1H3,(H,10,13). The Morgan fingerprint density at radius 1 is 1.16 bits per heavy atom. The van der Waals surface area contributed by atoms with E-state index in [-0.39, 0.29) is 23.7 Å². The molecule has 0 aliphatic rings. The number of rotatable bonds is 7. The van der Waals surface area contributed by atoms with Gasteiger partial charge in [-0.15, -0.1) is 0 Å². The Labute approximate surface area is 111 Å². The van der Waals surface area contributed by atoms with E-state index in [1.165, 1.54) is 0 Å². The zero-order chi connectivity index (χ0) is 14.5. The largest absolute Gasteiger partial charge is 0.328 e. The molecule has 1 aromatic rings. The Morgan fingerprint density at radius 2 is 1.84 bits per heavy atom. The van der Waals surface area contributed by atoms with Crippen LogP contribution in [0.5, 0.6) is 0 Å². The van der Waals surface area contributed by atoms with E-state index in [1.807, 2.05) is 0 Å². The summed E-state index contributed by atoms with van der Waals surface area (Å²) in [5, 5.41) is 0. The molecule has 0 atom stereocenters. The molecule has 1 rings (SSSR count). The van der Waals surface area contributed by atoms with Gasteiger partial charge in [-0.05, 0) is 6.07 Å². The highest BCUT2D eigenvalue weighted by Crippen LogP contribution is 2.03. The van der Waals surface area contributed by atoms with Gasteiger partial charge in [0.1, 0.15) is 0 Å². The summed E-state index contributed by atoms with van der Waals surface area (Å²) in [4.78, 5) is 12.9. The second kappa shape index (κ2) is 6.28. The molecular weight excluding hydrogens is 294 g/mol. The van der Waals surface area contributed by atoms with Crippen LogP contribution in [0.2, 0.25) is 0 Å². The molecule has 108 valence electrons. The van der Waals surface area contributed by atoms with Crippen molar-refractivity contribution in [3.63, 3.8) is 0 Å². The molecule has 0 amide bonds. The first-order valence-corrected chi connectivity index (χ1v) is 8.56. The molecule has 0 spiro atoms. The maximum Gasteiger partial charge on any atom is 0.247 e. The Bertz CT molecular complexity index is 658. The van der Waals surface area contributed by atoms with Gasteiger partial charge in [-0.2, -0.15) is 0 Å². The maximum atomic E-state index is 11.7. The molecule has 0 aliphatic carbocycles. The smallest absolute Gasteiger partial charge is 0.247 e. The lowest BCUT2D eigenvalue weighted by Gasteiger charge is -2.07. The molecule has 0 aliphatic heterocycles. The Hall–Kier alpha value is -1.23. The van der Waals surface area contributed by atoms with E-state index < -0.39 is 25.6 Å². The van der Waals surface area contributed by atoms with Crippen molar-refractivity contribution < 1.29 is 16.8 Å².